The minimum atomic E-state index is -0.265. The number of hydrogen-bond acceptors (Lipinski definition) is 2. The highest BCUT2D eigenvalue weighted by Gasteiger charge is 2.39. The van der Waals surface area contributed by atoms with E-state index in [0.29, 0.717) is 18.8 Å². The first kappa shape index (κ1) is 11.9. The number of ether oxygens (including phenoxy) is 1. The number of carbonyl (C=O) groups is 1. The summed E-state index contributed by atoms with van der Waals surface area (Å²) in [6.07, 6.45) is 5.02. The quantitative estimate of drug-likeness (QED) is 0.632. The maximum Gasteiger partial charge on any atom is 0.228 e. The minimum Gasteiger partial charge on any atom is -0.374 e. The van der Waals surface area contributed by atoms with Crippen LogP contribution in [0.25, 0.3) is 0 Å². The molecule has 2 rings (SSSR count). The number of morpholine rings is 1. The Kier molecular flexibility index (Phi) is 3.24. The zero-order chi connectivity index (χ0) is 11.8. The van der Waals surface area contributed by atoms with Gasteiger partial charge in [-0.1, -0.05) is 33.6 Å². The Morgan fingerprint density at radius 3 is 2.62 bits per heavy atom. The summed E-state index contributed by atoms with van der Waals surface area (Å²) in [7, 11) is 0. The molecule has 0 aromatic heterocycles. The smallest absolute Gasteiger partial charge is 0.228 e. The van der Waals surface area contributed by atoms with Crippen LogP contribution in [0.5, 0.6) is 0 Å². The molecule has 0 aromatic rings. The van der Waals surface area contributed by atoms with Crippen molar-refractivity contribution in [3.05, 3.63) is 0 Å². The second kappa shape index (κ2) is 4.36. The summed E-state index contributed by atoms with van der Waals surface area (Å²) >= 11 is 0. The van der Waals surface area contributed by atoms with Crippen LogP contribution in [0.4, 0.5) is 0 Å². The van der Waals surface area contributed by atoms with Gasteiger partial charge in [0.15, 0.2) is 0 Å². The molecule has 0 unspecified atom stereocenters. The van der Waals surface area contributed by atoms with E-state index in [1.54, 1.807) is 0 Å². The molecule has 0 aromatic carbocycles. The molecule has 0 radical (unpaired) electrons. The lowest BCUT2D eigenvalue weighted by molar-refractivity contribution is -0.157. The lowest BCUT2D eigenvalue weighted by atomic mass is 9.87. The number of rotatable bonds is 0. The molecule has 3 heteroatoms. The van der Waals surface area contributed by atoms with Gasteiger partial charge >= 0.3 is 0 Å². The molecule has 1 saturated heterocycles. The first-order valence-electron chi connectivity index (χ1n) is 6.43. The molecule has 16 heavy (non-hydrogen) atoms. The van der Waals surface area contributed by atoms with Crippen LogP contribution >= 0.6 is 0 Å². The lowest BCUT2D eigenvalue weighted by Gasteiger charge is -2.45. The van der Waals surface area contributed by atoms with Crippen LogP contribution < -0.4 is 0 Å². The Balaban J connectivity index is 2.11. The maximum atomic E-state index is 12.3. The van der Waals surface area contributed by atoms with Gasteiger partial charge < -0.3 is 9.64 Å². The average molecular weight is 225 g/mol. The summed E-state index contributed by atoms with van der Waals surface area (Å²) in [6.45, 7) is 7.49. The average Bonchev–Trinajstić information content (AvgIpc) is 2.26. The molecule has 0 bridgehead atoms. The second-order valence-electron chi connectivity index (χ2n) is 6.01. The van der Waals surface area contributed by atoms with Crippen LogP contribution in [0.15, 0.2) is 0 Å². The normalized spacial score (nSPS) is 31.1. The fraction of sp³-hybridized carbons (Fsp3) is 0.923. The summed E-state index contributed by atoms with van der Waals surface area (Å²) in [5.41, 5.74) is -0.265. The molecule has 0 spiro atoms. The summed E-state index contributed by atoms with van der Waals surface area (Å²) in [6, 6.07) is 0.342. The predicted molar refractivity (Wildman–Crippen MR) is 63.2 cm³/mol. The summed E-state index contributed by atoms with van der Waals surface area (Å²) in [5.74, 6) is 0.285. The topological polar surface area (TPSA) is 29.5 Å². The zero-order valence-corrected chi connectivity index (χ0v) is 10.7. The molecule has 1 amide bonds. The van der Waals surface area contributed by atoms with E-state index in [-0.39, 0.29) is 11.3 Å². The molecule has 1 heterocycles. The van der Waals surface area contributed by atoms with Crippen molar-refractivity contribution in [2.45, 2.75) is 58.6 Å². The van der Waals surface area contributed by atoms with E-state index in [1.807, 2.05) is 20.8 Å². The van der Waals surface area contributed by atoms with Crippen molar-refractivity contribution in [2.75, 3.05) is 13.2 Å². The summed E-state index contributed by atoms with van der Waals surface area (Å²) < 4.78 is 5.78. The lowest BCUT2D eigenvalue weighted by Crippen LogP contribution is -2.57. The second-order valence-corrected chi connectivity index (χ2v) is 6.01. The van der Waals surface area contributed by atoms with Crippen LogP contribution in [-0.2, 0) is 9.53 Å². The minimum absolute atomic E-state index is 0.265. The number of amides is 1. The molecule has 2 aliphatic rings. The molecule has 92 valence electrons. The molecule has 1 aliphatic heterocycles. The van der Waals surface area contributed by atoms with Gasteiger partial charge in [-0.3, -0.25) is 4.79 Å². The Morgan fingerprint density at radius 1 is 1.25 bits per heavy atom. The maximum absolute atomic E-state index is 12.3. The molecule has 3 nitrogen and oxygen atoms in total. The third kappa shape index (κ3) is 2.24. The third-order valence-electron chi connectivity index (χ3n) is 3.63. The van der Waals surface area contributed by atoms with Crippen LogP contribution in [0.2, 0.25) is 0 Å². The van der Waals surface area contributed by atoms with E-state index in [9.17, 15) is 4.79 Å². The molecular formula is C13H23NO2. The van der Waals surface area contributed by atoms with E-state index in [2.05, 4.69) is 4.90 Å². The van der Waals surface area contributed by atoms with E-state index < -0.39 is 0 Å². The fourth-order valence-electron chi connectivity index (χ4n) is 2.78. The van der Waals surface area contributed by atoms with Crippen LogP contribution in [0, 0.1) is 5.41 Å². The van der Waals surface area contributed by atoms with Crippen molar-refractivity contribution in [3.63, 3.8) is 0 Å². The van der Waals surface area contributed by atoms with E-state index in [1.165, 1.54) is 12.8 Å². The standard InChI is InChI=1S/C13H23NO2/c1-13(2,3)12(15)14-8-9-16-11-7-5-4-6-10(11)14/h10-11H,4-9H2,1-3H3/t10-,11-/m1/s1. The van der Waals surface area contributed by atoms with Crippen molar-refractivity contribution in [1.29, 1.82) is 0 Å². The SMILES string of the molecule is CC(C)(C)C(=O)N1CCO[C@@H]2CCCC[C@H]21. The first-order chi connectivity index (χ1) is 7.50. The van der Waals surface area contributed by atoms with E-state index in [0.717, 1.165) is 19.4 Å². The van der Waals surface area contributed by atoms with Crippen molar-refractivity contribution in [3.8, 4) is 0 Å². The highest BCUT2D eigenvalue weighted by Crippen LogP contribution is 2.31. The predicted octanol–water partition coefficient (Wildman–Crippen LogP) is 2.20. The fourth-order valence-corrected chi connectivity index (χ4v) is 2.78. The molecule has 1 aliphatic carbocycles. The van der Waals surface area contributed by atoms with Gasteiger partial charge in [0.05, 0.1) is 18.8 Å². The highest BCUT2D eigenvalue weighted by molar-refractivity contribution is 5.82. The third-order valence-corrected chi connectivity index (χ3v) is 3.63. The van der Waals surface area contributed by atoms with Gasteiger partial charge in [-0.05, 0) is 12.8 Å². The number of carbonyl (C=O) groups excluding carboxylic acids is 1. The largest absolute Gasteiger partial charge is 0.374 e. The molecule has 2 fully saturated rings. The number of fused-ring (bicyclic) bond motifs is 1. The highest BCUT2D eigenvalue weighted by atomic mass is 16.5. The first-order valence-corrected chi connectivity index (χ1v) is 6.43. The van der Waals surface area contributed by atoms with Crippen molar-refractivity contribution >= 4 is 5.91 Å². The number of hydrogen-bond donors (Lipinski definition) is 0. The Labute approximate surface area is 98.1 Å². The van der Waals surface area contributed by atoms with Gasteiger partial charge in [0.1, 0.15) is 0 Å². The van der Waals surface area contributed by atoms with Crippen LogP contribution in [0.1, 0.15) is 46.5 Å². The number of nitrogens with zero attached hydrogens (tertiary/aromatic N) is 1. The van der Waals surface area contributed by atoms with Gasteiger partial charge in [-0.15, -0.1) is 0 Å². The van der Waals surface area contributed by atoms with Crippen molar-refractivity contribution in [1.82, 2.24) is 4.90 Å². The Hall–Kier alpha value is -0.570. The summed E-state index contributed by atoms with van der Waals surface area (Å²) in [4.78, 5) is 14.4. The molecule has 2 atom stereocenters. The zero-order valence-electron chi connectivity index (χ0n) is 10.7. The Morgan fingerprint density at radius 2 is 1.94 bits per heavy atom. The van der Waals surface area contributed by atoms with Crippen LogP contribution in [-0.4, -0.2) is 36.1 Å². The van der Waals surface area contributed by atoms with E-state index >= 15 is 0 Å². The molecule has 1 saturated carbocycles. The van der Waals surface area contributed by atoms with Gasteiger partial charge in [0, 0.05) is 12.0 Å². The van der Waals surface area contributed by atoms with E-state index in [4.69, 9.17) is 4.74 Å². The molecule has 0 N–H and O–H groups in total. The van der Waals surface area contributed by atoms with Gasteiger partial charge in [0.25, 0.3) is 0 Å². The van der Waals surface area contributed by atoms with Gasteiger partial charge in [-0.2, -0.15) is 0 Å². The van der Waals surface area contributed by atoms with Crippen LogP contribution in [0.3, 0.4) is 0 Å². The molecular weight excluding hydrogens is 202 g/mol. The van der Waals surface area contributed by atoms with Gasteiger partial charge in [0.2, 0.25) is 5.91 Å². The summed E-state index contributed by atoms with van der Waals surface area (Å²) in [5, 5.41) is 0. The van der Waals surface area contributed by atoms with Crippen molar-refractivity contribution < 1.29 is 9.53 Å². The monoisotopic (exact) mass is 225 g/mol. The Bertz CT molecular complexity index is 268. The van der Waals surface area contributed by atoms with Gasteiger partial charge in [-0.25, -0.2) is 0 Å². The van der Waals surface area contributed by atoms with Crippen molar-refractivity contribution in [2.24, 2.45) is 5.41 Å².